The zero-order valence-corrected chi connectivity index (χ0v) is 9.12. The molecule has 0 aliphatic carbocycles. The summed E-state index contributed by atoms with van der Waals surface area (Å²) >= 11 is 0. The van der Waals surface area contributed by atoms with Crippen molar-refractivity contribution in [2.75, 3.05) is 19.0 Å². The molecule has 1 aromatic rings. The van der Waals surface area contributed by atoms with Crippen molar-refractivity contribution in [3.8, 4) is 0 Å². The summed E-state index contributed by atoms with van der Waals surface area (Å²) < 4.78 is 13.4. The first kappa shape index (κ1) is 11.7. The highest BCUT2D eigenvalue weighted by atomic mass is 19.1. The number of para-hydroxylation sites is 1. The summed E-state index contributed by atoms with van der Waals surface area (Å²) in [5.41, 5.74) is 0.296. The predicted molar refractivity (Wildman–Crippen MR) is 58.3 cm³/mol. The summed E-state index contributed by atoms with van der Waals surface area (Å²) in [6, 6.07) is 5.89. The average molecular weight is 210 g/mol. The lowest BCUT2D eigenvalue weighted by Crippen LogP contribution is -2.42. The Kier molecular flexibility index (Phi) is 3.80. The number of nitrogens with one attached hydrogen (secondary N) is 1. The molecule has 0 spiro atoms. The Morgan fingerprint density at radius 2 is 2.07 bits per heavy atom. The number of amides is 1. The second kappa shape index (κ2) is 4.89. The van der Waals surface area contributed by atoms with Crippen LogP contribution in [0.25, 0.3) is 0 Å². The van der Waals surface area contributed by atoms with Crippen molar-refractivity contribution >= 4 is 11.6 Å². The van der Waals surface area contributed by atoms with Crippen LogP contribution < -0.4 is 10.2 Å². The molecule has 0 radical (unpaired) electrons. The van der Waals surface area contributed by atoms with E-state index in [1.165, 1.54) is 11.0 Å². The standard InChI is InChI=1S/C11H15FN2O/c1-8(13-2)11(15)14(3)10-7-5-4-6-9(10)12/h4-8,13H,1-3H3. The third kappa shape index (κ3) is 2.53. The monoisotopic (exact) mass is 210 g/mol. The number of carbonyl (C=O) groups is 1. The molecule has 4 heteroatoms. The fourth-order valence-electron chi connectivity index (χ4n) is 1.26. The van der Waals surface area contributed by atoms with Crippen LogP contribution in [-0.4, -0.2) is 26.0 Å². The van der Waals surface area contributed by atoms with Gasteiger partial charge in [-0.05, 0) is 26.1 Å². The van der Waals surface area contributed by atoms with E-state index in [2.05, 4.69) is 5.32 Å². The summed E-state index contributed by atoms with van der Waals surface area (Å²) in [6.07, 6.45) is 0. The number of hydrogen-bond donors (Lipinski definition) is 1. The van der Waals surface area contributed by atoms with Gasteiger partial charge < -0.3 is 10.2 Å². The Balaban J connectivity index is 2.90. The molecule has 1 N–H and O–H groups in total. The van der Waals surface area contributed by atoms with Gasteiger partial charge in [0.15, 0.2) is 0 Å². The van der Waals surface area contributed by atoms with Gasteiger partial charge in [-0.2, -0.15) is 0 Å². The fraction of sp³-hybridized carbons (Fsp3) is 0.364. The Morgan fingerprint density at radius 1 is 1.47 bits per heavy atom. The van der Waals surface area contributed by atoms with Gasteiger partial charge in [0.2, 0.25) is 5.91 Å². The van der Waals surface area contributed by atoms with Crippen LogP contribution >= 0.6 is 0 Å². The Bertz CT molecular complexity index is 354. The van der Waals surface area contributed by atoms with Gasteiger partial charge in [-0.1, -0.05) is 12.1 Å². The van der Waals surface area contributed by atoms with Crippen molar-refractivity contribution in [3.05, 3.63) is 30.1 Å². The van der Waals surface area contributed by atoms with Gasteiger partial charge in [-0.15, -0.1) is 0 Å². The second-order valence-electron chi connectivity index (χ2n) is 3.36. The van der Waals surface area contributed by atoms with Crippen molar-refractivity contribution in [2.45, 2.75) is 13.0 Å². The minimum absolute atomic E-state index is 0.164. The molecule has 0 heterocycles. The van der Waals surface area contributed by atoms with Crippen LogP contribution in [0.5, 0.6) is 0 Å². The lowest BCUT2D eigenvalue weighted by Gasteiger charge is -2.21. The molecule has 0 saturated carbocycles. The number of likely N-dealkylation sites (N-methyl/N-ethyl adjacent to an activating group) is 2. The Labute approximate surface area is 88.9 Å². The number of anilines is 1. The van der Waals surface area contributed by atoms with Gasteiger partial charge in [0.05, 0.1) is 11.7 Å². The number of rotatable bonds is 3. The van der Waals surface area contributed by atoms with Crippen LogP contribution in [0.4, 0.5) is 10.1 Å². The molecule has 15 heavy (non-hydrogen) atoms. The lowest BCUT2D eigenvalue weighted by molar-refractivity contribution is -0.119. The number of nitrogens with zero attached hydrogens (tertiary/aromatic N) is 1. The maximum atomic E-state index is 13.4. The van der Waals surface area contributed by atoms with Crippen LogP contribution in [0.3, 0.4) is 0 Å². The van der Waals surface area contributed by atoms with Gasteiger partial charge in [0, 0.05) is 7.05 Å². The van der Waals surface area contributed by atoms with E-state index in [4.69, 9.17) is 0 Å². The first-order valence-corrected chi connectivity index (χ1v) is 4.77. The third-order valence-electron chi connectivity index (χ3n) is 2.35. The zero-order chi connectivity index (χ0) is 11.4. The van der Waals surface area contributed by atoms with Crippen LogP contribution in [0, 0.1) is 5.82 Å². The summed E-state index contributed by atoms with van der Waals surface area (Å²) in [5.74, 6) is -0.556. The number of benzene rings is 1. The van der Waals surface area contributed by atoms with E-state index in [1.807, 2.05) is 0 Å². The van der Waals surface area contributed by atoms with Crippen molar-refractivity contribution in [1.29, 1.82) is 0 Å². The van der Waals surface area contributed by atoms with Crippen LogP contribution in [0.2, 0.25) is 0 Å². The van der Waals surface area contributed by atoms with Crippen molar-refractivity contribution < 1.29 is 9.18 Å². The molecular formula is C11H15FN2O. The highest BCUT2D eigenvalue weighted by molar-refractivity contribution is 5.96. The molecular weight excluding hydrogens is 195 g/mol. The van der Waals surface area contributed by atoms with Crippen molar-refractivity contribution in [3.63, 3.8) is 0 Å². The van der Waals surface area contributed by atoms with Crippen molar-refractivity contribution in [1.82, 2.24) is 5.32 Å². The molecule has 0 saturated heterocycles. The molecule has 0 bridgehead atoms. The van der Waals surface area contributed by atoms with Gasteiger partial charge in [-0.25, -0.2) is 4.39 Å². The Morgan fingerprint density at radius 3 is 2.60 bits per heavy atom. The summed E-state index contributed by atoms with van der Waals surface area (Å²) in [6.45, 7) is 1.74. The predicted octanol–water partition coefficient (Wildman–Crippen LogP) is 1.40. The van der Waals surface area contributed by atoms with Crippen LogP contribution in [0.15, 0.2) is 24.3 Å². The number of carbonyl (C=O) groups excluding carboxylic acids is 1. The SMILES string of the molecule is CNC(C)C(=O)N(C)c1ccccc1F. The molecule has 82 valence electrons. The average Bonchev–Trinajstić information content (AvgIpc) is 2.26. The molecule has 1 unspecified atom stereocenters. The minimum Gasteiger partial charge on any atom is -0.311 e. The molecule has 1 atom stereocenters. The normalized spacial score (nSPS) is 12.3. The molecule has 0 aliphatic heterocycles. The maximum Gasteiger partial charge on any atom is 0.243 e. The van der Waals surface area contributed by atoms with E-state index in [-0.39, 0.29) is 11.9 Å². The van der Waals surface area contributed by atoms with E-state index in [0.29, 0.717) is 5.69 Å². The van der Waals surface area contributed by atoms with Crippen LogP contribution in [-0.2, 0) is 4.79 Å². The fourth-order valence-corrected chi connectivity index (χ4v) is 1.26. The molecule has 0 aromatic heterocycles. The highest BCUT2D eigenvalue weighted by Crippen LogP contribution is 2.17. The van der Waals surface area contributed by atoms with E-state index in [9.17, 15) is 9.18 Å². The van der Waals surface area contributed by atoms with Gasteiger partial charge in [0.25, 0.3) is 0 Å². The smallest absolute Gasteiger partial charge is 0.243 e. The quantitative estimate of drug-likeness (QED) is 0.817. The largest absolute Gasteiger partial charge is 0.311 e. The second-order valence-corrected chi connectivity index (χ2v) is 3.36. The zero-order valence-electron chi connectivity index (χ0n) is 9.12. The van der Waals surface area contributed by atoms with E-state index in [0.717, 1.165) is 0 Å². The van der Waals surface area contributed by atoms with Crippen molar-refractivity contribution in [2.24, 2.45) is 0 Å². The highest BCUT2D eigenvalue weighted by Gasteiger charge is 2.18. The topological polar surface area (TPSA) is 32.3 Å². The van der Waals surface area contributed by atoms with Gasteiger partial charge >= 0.3 is 0 Å². The molecule has 3 nitrogen and oxygen atoms in total. The number of halogens is 1. The van der Waals surface area contributed by atoms with E-state index in [1.54, 1.807) is 39.2 Å². The molecule has 1 rings (SSSR count). The minimum atomic E-state index is -0.392. The lowest BCUT2D eigenvalue weighted by atomic mass is 10.2. The van der Waals surface area contributed by atoms with E-state index >= 15 is 0 Å². The summed E-state index contributed by atoms with van der Waals surface area (Å²) in [4.78, 5) is 13.0. The van der Waals surface area contributed by atoms with Gasteiger partial charge in [-0.3, -0.25) is 4.79 Å². The molecule has 1 aromatic carbocycles. The van der Waals surface area contributed by atoms with Crippen LogP contribution in [0.1, 0.15) is 6.92 Å². The number of hydrogen-bond acceptors (Lipinski definition) is 2. The third-order valence-corrected chi connectivity index (χ3v) is 2.35. The molecule has 0 aliphatic rings. The first-order chi connectivity index (χ1) is 7.07. The molecule has 0 fully saturated rings. The molecule has 1 amide bonds. The maximum absolute atomic E-state index is 13.4. The Hall–Kier alpha value is -1.42. The van der Waals surface area contributed by atoms with E-state index < -0.39 is 5.82 Å². The summed E-state index contributed by atoms with van der Waals surface area (Å²) in [7, 11) is 3.26. The van der Waals surface area contributed by atoms with Gasteiger partial charge in [0.1, 0.15) is 5.82 Å². The first-order valence-electron chi connectivity index (χ1n) is 4.77. The summed E-state index contributed by atoms with van der Waals surface area (Å²) in [5, 5.41) is 2.82.